The van der Waals surface area contributed by atoms with Crippen LogP contribution >= 0.6 is 0 Å². The Bertz CT molecular complexity index is 1180. The van der Waals surface area contributed by atoms with E-state index in [0.29, 0.717) is 32.5 Å². The van der Waals surface area contributed by atoms with Crippen molar-refractivity contribution < 1.29 is 29.0 Å². The second-order valence-corrected chi connectivity index (χ2v) is 11.2. The minimum atomic E-state index is -1.31. The zero-order valence-corrected chi connectivity index (χ0v) is 22.5. The molecule has 4 heterocycles. The van der Waals surface area contributed by atoms with Gasteiger partial charge in [0.05, 0.1) is 18.1 Å². The molecule has 1 unspecified atom stereocenters. The molecular weight excluding hydrogens is 484 g/mol. The number of amides is 2. The van der Waals surface area contributed by atoms with E-state index < -0.39 is 35.0 Å². The number of hydrogen-bond donors (Lipinski definition) is 1. The lowest BCUT2D eigenvalue weighted by Gasteiger charge is -2.37. The summed E-state index contributed by atoms with van der Waals surface area (Å²) in [5.74, 6) is -2.72. The summed E-state index contributed by atoms with van der Waals surface area (Å²) in [6.45, 7) is 6.70. The lowest BCUT2D eigenvalue weighted by molar-refractivity contribution is -0.158. The first-order chi connectivity index (χ1) is 18.2. The van der Waals surface area contributed by atoms with Crippen molar-refractivity contribution in [3.05, 3.63) is 53.6 Å². The summed E-state index contributed by atoms with van der Waals surface area (Å²) in [5.41, 5.74) is 0.385. The van der Waals surface area contributed by atoms with Crippen molar-refractivity contribution in [2.75, 3.05) is 31.2 Å². The van der Waals surface area contributed by atoms with Gasteiger partial charge >= 0.3 is 5.97 Å². The summed E-state index contributed by atoms with van der Waals surface area (Å²) >= 11 is 0. The molecule has 5 rings (SSSR count). The standard InChI is InChI=1S/C30H38N2O6/c1-20-11-12-21(2)22(19-20)31-16-10-14-30-23(26(34)32(15-7-8-17-33)25(30)27(31)35)24-28(36)37-18-9-5-4-6-13-29(24,3)38-30/h6,10-14,19,23-25,33H,4-5,7-9,15-18H2,1-3H3/b13-6-/t23-,24+,25?,29-,30-/m0/s1. The Morgan fingerprint density at radius 1 is 1.03 bits per heavy atom. The van der Waals surface area contributed by atoms with Gasteiger partial charge < -0.3 is 24.4 Å². The van der Waals surface area contributed by atoms with E-state index in [-0.39, 0.29) is 18.4 Å². The Kier molecular flexibility index (Phi) is 7.22. The third kappa shape index (κ3) is 4.28. The first-order valence-electron chi connectivity index (χ1n) is 13.8. The number of hydrogen-bond acceptors (Lipinski definition) is 6. The highest BCUT2D eigenvalue weighted by atomic mass is 16.6. The van der Waals surface area contributed by atoms with Crippen LogP contribution in [0.2, 0.25) is 0 Å². The molecule has 0 bridgehead atoms. The van der Waals surface area contributed by atoms with Crippen LogP contribution in [-0.4, -0.2) is 71.3 Å². The van der Waals surface area contributed by atoms with Crippen molar-refractivity contribution in [1.29, 1.82) is 0 Å². The van der Waals surface area contributed by atoms with E-state index in [0.717, 1.165) is 36.1 Å². The second kappa shape index (κ2) is 10.3. The molecule has 2 fully saturated rings. The first kappa shape index (κ1) is 26.6. The number of aryl methyl sites for hydroxylation is 2. The van der Waals surface area contributed by atoms with E-state index in [1.165, 1.54) is 0 Å². The Morgan fingerprint density at radius 2 is 1.84 bits per heavy atom. The van der Waals surface area contributed by atoms with Crippen molar-refractivity contribution in [1.82, 2.24) is 4.90 Å². The van der Waals surface area contributed by atoms with Crippen LogP contribution < -0.4 is 4.90 Å². The smallest absolute Gasteiger partial charge is 0.313 e. The van der Waals surface area contributed by atoms with Crippen molar-refractivity contribution in [3.63, 3.8) is 0 Å². The molecule has 0 radical (unpaired) electrons. The average Bonchev–Trinajstić information content (AvgIpc) is 3.20. The molecule has 1 aromatic rings. The van der Waals surface area contributed by atoms with Crippen LogP contribution in [0.25, 0.3) is 0 Å². The summed E-state index contributed by atoms with van der Waals surface area (Å²) in [6.07, 6.45) is 11.2. The highest BCUT2D eigenvalue weighted by molar-refractivity contribution is 6.06. The molecule has 5 atom stereocenters. The number of rotatable bonds is 5. The van der Waals surface area contributed by atoms with Crippen LogP contribution in [0.5, 0.6) is 0 Å². The quantitative estimate of drug-likeness (QED) is 0.362. The van der Waals surface area contributed by atoms with Crippen LogP contribution in [0.1, 0.15) is 50.2 Å². The van der Waals surface area contributed by atoms with Gasteiger partial charge in [-0.1, -0.05) is 36.4 Å². The maximum absolute atomic E-state index is 14.5. The normalized spacial score (nSPS) is 33.9. The predicted octanol–water partition coefficient (Wildman–Crippen LogP) is 3.23. The molecular formula is C30H38N2O6. The summed E-state index contributed by atoms with van der Waals surface area (Å²) < 4.78 is 12.5. The number of cyclic esters (lactones) is 1. The van der Waals surface area contributed by atoms with Gasteiger partial charge in [0.15, 0.2) is 0 Å². The SMILES string of the molecule is Cc1ccc(C)c(N2CC=C[C@]34O[C@@]5(C)/C=C\CCCCOC(=O)[C@H]5[C@H]3C(=O)N(CCCCO)C4C2=O)c1. The van der Waals surface area contributed by atoms with Gasteiger partial charge in [0.2, 0.25) is 5.91 Å². The third-order valence-corrected chi connectivity index (χ3v) is 8.46. The number of likely N-dealkylation sites (tertiary alicyclic amines) is 1. The molecule has 4 aliphatic heterocycles. The lowest BCUT2D eigenvalue weighted by Crippen LogP contribution is -2.56. The van der Waals surface area contributed by atoms with Crippen LogP contribution in [0.4, 0.5) is 5.69 Å². The Balaban J connectivity index is 1.63. The number of anilines is 1. The number of fused-ring (bicyclic) bond motifs is 2. The summed E-state index contributed by atoms with van der Waals surface area (Å²) in [7, 11) is 0. The first-order valence-corrected chi connectivity index (χ1v) is 13.8. The van der Waals surface area contributed by atoms with E-state index in [4.69, 9.17) is 9.47 Å². The average molecular weight is 523 g/mol. The number of benzene rings is 1. The summed E-state index contributed by atoms with van der Waals surface area (Å²) in [5, 5.41) is 9.39. The summed E-state index contributed by atoms with van der Waals surface area (Å²) in [6, 6.07) is 5.05. The van der Waals surface area contributed by atoms with Gasteiger partial charge in [-0.3, -0.25) is 14.4 Å². The number of aliphatic hydroxyl groups is 1. The number of carbonyl (C=O) groups is 3. The monoisotopic (exact) mass is 522 g/mol. The number of nitrogens with zero attached hydrogens (tertiary/aromatic N) is 2. The topological polar surface area (TPSA) is 96.4 Å². The van der Waals surface area contributed by atoms with Crippen molar-refractivity contribution in [2.24, 2.45) is 11.8 Å². The number of esters is 1. The molecule has 204 valence electrons. The Morgan fingerprint density at radius 3 is 2.63 bits per heavy atom. The Hall–Kier alpha value is -2.97. The van der Waals surface area contributed by atoms with E-state index in [1.54, 1.807) is 9.80 Å². The van der Waals surface area contributed by atoms with Gasteiger partial charge in [0.1, 0.15) is 17.6 Å². The molecule has 38 heavy (non-hydrogen) atoms. The van der Waals surface area contributed by atoms with Gasteiger partial charge in [-0.15, -0.1) is 0 Å². The largest absolute Gasteiger partial charge is 0.465 e. The van der Waals surface area contributed by atoms with E-state index in [1.807, 2.05) is 63.3 Å². The lowest BCUT2D eigenvalue weighted by atomic mass is 9.74. The molecule has 1 aromatic carbocycles. The molecule has 2 amide bonds. The number of unbranched alkanes of at least 4 members (excludes halogenated alkanes) is 1. The van der Waals surface area contributed by atoms with Crippen LogP contribution in [0.15, 0.2) is 42.5 Å². The molecule has 0 aliphatic carbocycles. The minimum absolute atomic E-state index is 0.00194. The predicted molar refractivity (Wildman–Crippen MR) is 142 cm³/mol. The fraction of sp³-hybridized carbons (Fsp3) is 0.567. The molecule has 1 spiro atoms. The number of carbonyl (C=O) groups excluding carboxylic acids is 3. The summed E-state index contributed by atoms with van der Waals surface area (Å²) in [4.78, 5) is 45.5. The van der Waals surface area contributed by atoms with Crippen LogP contribution in [0, 0.1) is 25.7 Å². The van der Waals surface area contributed by atoms with Crippen molar-refractivity contribution in [2.45, 2.75) is 70.1 Å². The highest BCUT2D eigenvalue weighted by Crippen LogP contribution is 2.57. The minimum Gasteiger partial charge on any atom is -0.465 e. The fourth-order valence-corrected chi connectivity index (χ4v) is 6.66. The van der Waals surface area contributed by atoms with E-state index in [2.05, 4.69) is 0 Å². The van der Waals surface area contributed by atoms with E-state index in [9.17, 15) is 19.5 Å². The third-order valence-electron chi connectivity index (χ3n) is 8.46. The fourth-order valence-electron chi connectivity index (χ4n) is 6.66. The van der Waals surface area contributed by atoms with Crippen molar-refractivity contribution in [3.8, 4) is 0 Å². The van der Waals surface area contributed by atoms with Gasteiger partial charge in [-0.25, -0.2) is 0 Å². The van der Waals surface area contributed by atoms with Gasteiger partial charge in [0.25, 0.3) is 5.91 Å². The number of aliphatic hydroxyl groups excluding tert-OH is 1. The van der Waals surface area contributed by atoms with E-state index >= 15 is 0 Å². The molecule has 0 aromatic heterocycles. The zero-order chi connectivity index (χ0) is 27.1. The van der Waals surface area contributed by atoms with Crippen LogP contribution in [0.3, 0.4) is 0 Å². The second-order valence-electron chi connectivity index (χ2n) is 11.2. The van der Waals surface area contributed by atoms with Crippen molar-refractivity contribution >= 4 is 23.5 Å². The number of ether oxygens (including phenoxy) is 2. The molecule has 2 saturated heterocycles. The highest BCUT2D eigenvalue weighted by Gasteiger charge is 2.74. The molecule has 8 heteroatoms. The molecule has 4 aliphatic rings. The molecule has 0 saturated carbocycles. The zero-order valence-electron chi connectivity index (χ0n) is 22.5. The van der Waals surface area contributed by atoms with Gasteiger partial charge in [-0.05, 0) is 70.1 Å². The number of allylic oxidation sites excluding steroid dienone is 1. The maximum atomic E-state index is 14.5. The maximum Gasteiger partial charge on any atom is 0.313 e. The van der Waals surface area contributed by atoms with Gasteiger partial charge in [0, 0.05) is 25.4 Å². The Labute approximate surface area is 224 Å². The molecule has 1 N–H and O–H groups in total. The molecule has 8 nitrogen and oxygen atoms in total. The van der Waals surface area contributed by atoms with Gasteiger partial charge in [-0.2, -0.15) is 0 Å². The van der Waals surface area contributed by atoms with Crippen LogP contribution in [-0.2, 0) is 23.9 Å².